The molecule has 2 N–H and O–H groups in total. The molecule has 0 radical (unpaired) electrons. The molecule has 92 valence electrons. The highest BCUT2D eigenvalue weighted by Gasteiger charge is 2.36. The molecule has 0 aliphatic heterocycles. The second-order valence-corrected chi connectivity index (χ2v) is 4.30. The van der Waals surface area contributed by atoms with Gasteiger partial charge >= 0.3 is 0 Å². The Morgan fingerprint density at radius 2 is 2.29 bits per heavy atom. The van der Waals surface area contributed by atoms with E-state index in [2.05, 4.69) is 27.5 Å². The van der Waals surface area contributed by atoms with Crippen LogP contribution in [0.25, 0.3) is 0 Å². The number of rotatable bonds is 5. The van der Waals surface area contributed by atoms with E-state index in [4.69, 9.17) is 0 Å². The molecule has 2 atom stereocenters. The highest BCUT2D eigenvalue weighted by molar-refractivity contribution is 5.92. The van der Waals surface area contributed by atoms with Crippen molar-refractivity contribution in [2.75, 3.05) is 11.9 Å². The molecule has 0 spiro atoms. The van der Waals surface area contributed by atoms with E-state index in [1.54, 1.807) is 6.20 Å². The molecule has 1 fully saturated rings. The quantitative estimate of drug-likeness (QED) is 0.809. The number of aromatic nitrogens is 2. The van der Waals surface area contributed by atoms with Crippen molar-refractivity contribution in [2.24, 2.45) is 5.92 Å². The normalized spacial score (nSPS) is 22.0. The van der Waals surface area contributed by atoms with Gasteiger partial charge in [-0.3, -0.25) is 9.78 Å². The van der Waals surface area contributed by atoms with Crippen LogP contribution >= 0.6 is 0 Å². The first kappa shape index (κ1) is 11.8. The van der Waals surface area contributed by atoms with E-state index in [1.165, 1.54) is 6.20 Å². The molecule has 1 saturated carbocycles. The first-order valence-corrected chi connectivity index (χ1v) is 6.11. The van der Waals surface area contributed by atoms with Crippen LogP contribution in [0.3, 0.4) is 0 Å². The van der Waals surface area contributed by atoms with Gasteiger partial charge in [-0.15, -0.1) is 0 Å². The Kier molecular flexibility index (Phi) is 3.56. The number of nitrogens with zero attached hydrogens (tertiary/aromatic N) is 2. The molecule has 1 amide bonds. The summed E-state index contributed by atoms with van der Waals surface area (Å²) in [6.07, 6.45) is 5.32. The summed E-state index contributed by atoms with van der Waals surface area (Å²) < 4.78 is 0. The van der Waals surface area contributed by atoms with Gasteiger partial charge in [0.05, 0.1) is 12.4 Å². The highest BCUT2D eigenvalue weighted by atomic mass is 16.2. The smallest absolute Gasteiger partial charge is 0.271 e. The minimum atomic E-state index is -0.127. The lowest BCUT2D eigenvalue weighted by molar-refractivity contribution is 0.0943. The Labute approximate surface area is 101 Å². The summed E-state index contributed by atoms with van der Waals surface area (Å²) in [5.41, 5.74) is 0.380. The SMILES string of the molecule is CCNc1cncc(C(=O)NC2CC2CC)n1. The van der Waals surface area contributed by atoms with Crippen LogP contribution in [0.4, 0.5) is 5.82 Å². The lowest BCUT2D eigenvalue weighted by atomic mass is 10.3. The standard InChI is InChI=1S/C12H18N4O/c1-3-8-5-9(8)16-12(17)10-6-13-7-11(15-10)14-4-2/h6-9H,3-5H2,1-2H3,(H,14,15)(H,16,17). The van der Waals surface area contributed by atoms with Crippen LogP contribution in [0.5, 0.6) is 0 Å². The molecule has 1 aromatic heterocycles. The number of anilines is 1. The maximum absolute atomic E-state index is 11.9. The lowest BCUT2D eigenvalue weighted by Crippen LogP contribution is -2.28. The summed E-state index contributed by atoms with van der Waals surface area (Å²) in [4.78, 5) is 20.1. The summed E-state index contributed by atoms with van der Waals surface area (Å²) in [5, 5.41) is 6.01. The average Bonchev–Trinajstić information content (AvgIpc) is 3.08. The first-order chi connectivity index (χ1) is 8.24. The number of hydrogen-bond acceptors (Lipinski definition) is 4. The van der Waals surface area contributed by atoms with Gasteiger partial charge in [0.2, 0.25) is 0 Å². The zero-order valence-corrected chi connectivity index (χ0v) is 10.2. The van der Waals surface area contributed by atoms with Crippen molar-refractivity contribution in [3.8, 4) is 0 Å². The second-order valence-electron chi connectivity index (χ2n) is 4.30. The van der Waals surface area contributed by atoms with Gasteiger partial charge in [-0.05, 0) is 19.3 Å². The number of amides is 1. The second kappa shape index (κ2) is 5.12. The van der Waals surface area contributed by atoms with Gasteiger partial charge in [0, 0.05) is 12.6 Å². The van der Waals surface area contributed by atoms with Crippen molar-refractivity contribution in [3.05, 3.63) is 18.1 Å². The Bertz CT molecular complexity index is 407. The Balaban J connectivity index is 1.96. The third-order valence-corrected chi connectivity index (χ3v) is 2.99. The van der Waals surface area contributed by atoms with E-state index in [-0.39, 0.29) is 5.91 Å². The number of hydrogen-bond donors (Lipinski definition) is 2. The van der Waals surface area contributed by atoms with Crippen LogP contribution in [0.15, 0.2) is 12.4 Å². The molecule has 1 aliphatic rings. The minimum absolute atomic E-state index is 0.127. The van der Waals surface area contributed by atoms with Gasteiger partial charge in [-0.1, -0.05) is 13.3 Å². The van der Waals surface area contributed by atoms with Gasteiger partial charge in [0.25, 0.3) is 5.91 Å². The maximum atomic E-state index is 11.9. The Morgan fingerprint density at radius 3 is 2.94 bits per heavy atom. The van der Waals surface area contributed by atoms with Crippen molar-refractivity contribution >= 4 is 11.7 Å². The zero-order chi connectivity index (χ0) is 12.3. The summed E-state index contributed by atoms with van der Waals surface area (Å²) in [6, 6.07) is 0.331. The molecule has 0 aromatic carbocycles. The largest absolute Gasteiger partial charge is 0.369 e. The van der Waals surface area contributed by atoms with Gasteiger partial charge in [0.1, 0.15) is 11.5 Å². The molecule has 17 heavy (non-hydrogen) atoms. The summed E-state index contributed by atoms with van der Waals surface area (Å²) in [5.74, 6) is 1.16. The van der Waals surface area contributed by atoms with E-state index in [0.717, 1.165) is 19.4 Å². The molecular formula is C12H18N4O. The minimum Gasteiger partial charge on any atom is -0.369 e. The van der Waals surface area contributed by atoms with E-state index >= 15 is 0 Å². The summed E-state index contributed by atoms with van der Waals surface area (Å²) >= 11 is 0. The van der Waals surface area contributed by atoms with Gasteiger partial charge in [0.15, 0.2) is 0 Å². The van der Waals surface area contributed by atoms with Gasteiger partial charge in [-0.2, -0.15) is 0 Å². The monoisotopic (exact) mass is 234 g/mol. The Morgan fingerprint density at radius 1 is 1.47 bits per heavy atom. The average molecular weight is 234 g/mol. The van der Waals surface area contributed by atoms with Gasteiger partial charge in [-0.25, -0.2) is 4.98 Å². The molecule has 1 heterocycles. The van der Waals surface area contributed by atoms with Crippen LogP contribution in [0.2, 0.25) is 0 Å². The van der Waals surface area contributed by atoms with Crippen molar-refractivity contribution < 1.29 is 4.79 Å². The molecule has 0 bridgehead atoms. The fourth-order valence-electron chi connectivity index (χ4n) is 1.86. The number of carbonyl (C=O) groups excluding carboxylic acids is 1. The molecule has 5 nitrogen and oxygen atoms in total. The van der Waals surface area contributed by atoms with E-state index < -0.39 is 0 Å². The zero-order valence-electron chi connectivity index (χ0n) is 10.2. The third-order valence-electron chi connectivity index (χ3n) is 2.99. The number of nitrogens with one attached hydrogen (secondary N) is 2. The van der Waals surface area contributed by atoms with Gasteiger partial charge < -0.3 is 10.6 Å². The summed E-state index contributed by atoms with van der Waals surface area (Å²) in [6.45, 7) is 4.88. The van der Waals surface area contributed by atoms with Crippen LogP contribution in [-0.2, 0) is 0 Å². The van der Waals surface area contributed by atoms with Crippen LogP contribution in [0, 0.1) is 5.92 Å². The van der Waals surface area contributed by atoms with E-state index in [1.807, 2.05) is 6.92 Å². The van der Waals surface area contributed by atoms with E-state index in [0.29, 0.717) is 23.5 Å². The number of carbonyl (C=O) groups is 1. The lowest BCUT2D eigenvalue weighted by Gasteiger charge is -2.05. The molecule has 1 aliphatic carbocycles. The molecule has 0 saturated heterocycles. The molecular weight excluding hydrogens is 216 g/mol. The molecule has 5 heteroatoms. The fraction of sp³-hybridized carbons (Fsp3) is 0.583. The van der Waals surface area contributed by atoms with Crippen molar-refractivity contribution in [1.82, 2.24) is 15.3 Å². The van der Waals surface area contributed by atoms with Crippen LogP contribution < -0.4 is 10.6 Å². The molecule has 2 rings (SSSR count). The first-order valence-electron chi connectivity index (χ1n) is 6.11. The van der Waals surface area contributed by atoms with Crippen molar-refractivity contribution in [3.63, 3.8) is 0 Å². The predicted molar refractivity (Wildman–Crippen MR) is 65.8 cm³/mol. The predicted octanol–water partition coefficient (Wildman–Crippen LogP) is 1.44. The molecule has 1 aromatic rings. The van der Waals surface area contributed by atoms with Crippen LogP contribution in [0.1, 0.15) is 37.2 Å². The third kappa shape index (κ3) is 2.93. The Hall–Kier alpha value is -1.65. The molecule has 2 unspecified atom stereocenters. The van der Waals surface area contributed by atoms with Crippen molar-refractivity contribution in [2.45, 2.75) is 32.7 Å². The highest BCUT2D eigenvalue weighted by Crippen LogP contribution is 2.33. The maximum Gasteiger partial charge on any atom is 0.271 e. The van der Waals surface area contributed by atoms with E-state index in [9.17, 15) is 4.79 Å². The summed E-state index contributed by atoms with van der Waals surface area (Å²) in [7, 11) is 0. The van der Waals surface area contributed by atoms with Crippen LogP contribution in [-0.4, -0.2) is 28.5 Å². The fourth-order valence-corrected chi connectivity index (χ4v) is 1.86. The van der Waals surface area contributed by atoms with Crippen molar-refractivity contribution in [1.29, 1.82) is 0 Å². The topological polar surface area (TPSA) is 66.9 Å².